The summed E-state index contributed by atoms with van der Waals surface area (Å²) in [6.45, 7) is 9.62. The largest absolute Gasteiger partial charge is 0.393 e. The van der Waals surface area contributed by atoms with E-state index < -0.39 is 6.10 Å². The highest BCUT2D eigenvalue weighted by Crippen LogP contribution is 2.66. The van der Waals surface area contributed by atoms with Crippen molar-refractivity contribution < 1.29 is 10.2 Å². The van der Waals surface area contributed by atoms with Gasteiger partial charge in [0.1, 0.15) is 0 Å². The highest BCUT2D eigenvalue weighted by Gasteiger charge is 2.58. The molecule has 0 spiro atoms. The first-order valence-electron chi connectivity index (χ1n) is 10.6. The van der Waals surface area contributed by atoms with Crippen LogP contribution in [0.2, 0.25) is 0 Å². The molecule has 3 fully saturated rings. The van der Waals surface area contributed by atoms with Crippen LogP contribution in [0.5, 0.6) is 0 Å². The van der Waals surface area contributed by atoms with E-state index in [1.165, 1.54) is 37.7 Å². The zero-order chi connectivity index (χ0) is 18.0. The van der Waals surface area contributed by atoms with Gasteiger partial charge in [-0.1, -0.05) is 57.4 Å². The van der Waals surface area contributed by atoms with E-state index in [0.29, 0.717) is 23.7 Å². The Kier molecular flexibility index (Phi) is 4.24. The third-order valence-electron chi connectivity index (χ3n) is 9.05. The van der Waals surface area contributed by atoms with E-state index in [9.17, 15) is 10.2 Å². The van der Waals surface area contributed by atoms with Crippen LogP contribution >= 0.6 is 0 Å². The van der Waals surface area contributed by atoms with Gasteiger partial charge in [-0.25, -0.2) is 0 Å². The Hall–Kier alpha value is -0.600. The molecule has 2 heteroatoms. The maximum atomic E-state index is 10.9. The smallest absolute Gasteiger partial charge is 0.0661 e. The summed E-state index contributed by atoms with van der Waals surface area (Å²) in [6, 6.07) is 0. The Bertz CT molecular complexity index is 605. The zero-order valence-corrected chi connectivity index (χ0v) is 16.5. The van der Waals surface area contributed by atoms with Gasteiger partial charge in [0.05, 0.1) is 12.2 Å². The van der Waals surface area contributed by atoms with Crippen LogP contribution in [0.3, 0.4) is 0 Å². The molecule has 0 radical (unpaired) electrons. The summed E-state index contributed by atoms with van der Waals surface area (Å²) >= 11 is 0. The van der Waals surface area contributed by atoms with Gasteiger partial charge in [-0.2, -0.15) is 0 Å². The molecule has 0 aliphatic heterocycles. The lowest BCUT2D eigenvalue weighted by Gasteiger charge is -2.56. The van der Waals surface area contributed by atoms with Crippen molar-refractivity contribution in [2.24, 2.45) is 34.5 Å². The molecule has 140 valence electrons. The Labute approximate surface area is 153 Å². The van der Waals surface area contributed by atoms with Gasteiger partial charge in [-0.3, -0.25) is 0 Å². The predicted molar refractivity (Wildman–Crippen MR) is 102 cm³/mol. The number of fused-ring (bicyclic) bond motifs is 5. The van der Waals surface area contributed by atoms with Crippen molar-refractivity contribution in [3.05, 3.63) is 23.3 Å². The Morgan fingerprint density at radius 3 is 2.60 bits per heavy atom. The number of aliphatic hydroxyl groups is 2. The molecule has 2 N–H and O–H groups in total. The maximum absolute atomic E-state index is 10.9. The van der Waals surface area contributed by atoms with Gasteiger partial charge in [0, 0.05) is 11.8 Å². The van der Waals surface area contributed by atoms with E-state index >= 15 is 0 Å². The molecule has 0 saturated heterocycles. The monoisotopic (exact) mass is 344 g/mol. The molecule has 0 aromatic carbocycles. The number of aliphatic hydroxyl groups excluding tert-OH is 2. The van der Waals surface area contributed by atoms with Crippen LogP contribution in [0.15, 0.2) is 23.3 Å². The number of hydrogen-bond donors (Lipinski definition) is 2. The van der Waals surface area contributed by atoms with Gasteiger partial charge < -0.3 is 10.2 Å². The van der Waals surface area contributed by atoms with Crippen molar-refractivity contribution >= 4 is 0 Å². The average Bonchev–Trinajstić information content (AvgIpc) is 2.93. The number of rotatable bonds is 2. The number of allylic oxidation sites excluding steroid dienone is 3. The summed E-state index contributed by atoms with van der Waals surface area (Å²) in [5.41, 5.74) is 3.20. The first-order valence-corrected chi connectivity index (χ1v) is 10.6. The van der Waals surface area contributed by atoms with Crippen LogP contribution in [-0.2, 0) is 0 Å². The Morgan fingerprint density at radius 1 is 1.12 bits per heavy atom. The van der Waals surface area contributed by atoms with Crippen molar-refractivity contribution in [1.29, 1.82) is 0 Å². The standard InChI is InChI=1S/C23H36O2/c1-5-14(2)18-8-9-19-17-7-6-15-12-16(24)13-21(25)23(15,4)20(17)10-11-22(18,19)3/h6-7,14,16,18-21,24-25H,5,8-13H2,1-4H3/t14-,16+,18+,19-,20-,21-,22+,23-/m0/s1. The van der Waals surface area contributed by atoms with Crippen molar-refractivity contribution in [1.82, 2.24) is 0 Å². The molecular formula is C23H36O2. The molecule has 0 aromatic rings. The van der Waals surface area contributed by atoms with Gasteiger partial charge in [0.2, 0.25) is 0 Å². The number of hydrogen-bond acceptors (Lipinski definition) is 2. The van der Waals surface area contributed by atoms with E-state index in [0.717, 1.165) is 18.3 Å². The molecule has 0 bridgehead atoms. The van der Waals surface area contributed by atoms with E-state index in [1.807, 2.05) is 0 Å². The van der Waals surface area contributed by atoms with E-state index in [1.54, 1.807) is 5.57 Å². The van der Waals surface area contributed by atoms with Gasteiger partial charge in [-0.15, -0.1) is 0 Å². The quantitative estimate of drug-likeness (QED) is 0.751. The fourth-order valence-corrected chi connectivity index (χ4v) is 7.31. The summed E-state index contributed by atoms with van der Waals surface area (Å²) in [6.07, 6.45) is 11.6. The molecule has 3 saturated carbocycles. The minimum Gasteiger partial charge on any atom is -0.393 e. The molecule has 4 aliphatic rings. The van der Waals surface area contributed by atoms with Crippen LogP contribution in [-0.4, -0.2) is 22.4 Å². The molecule has 0 aromatic heterocycles. The molecule has 25 heavy (non-hydrogen) atoms. The first-order chi connectivity index (χ1) is 11.8. The van der Waals surface area contributed by atoms with Gasteiger partial charge in [-0.05, 0) is 61.2 Å². The van der Waals surface area contributed by atoms with E-state index in [4.69, 9.17) is 0 Å². The minimum absolute atomic E-state index is 0.154. The molecule has 0 unspecified atom stereocenters. The average molecular weight is 345 g/mol. The Morgan fingerprint density at radius 2 is 1.88 bits per heavy atom. The molecular weight excluding hydrogens is 308 g/mol. The SMILES string of the molecule is CC[C@H](C)[C@H]1CC[C@H]2C3=CC=C4C[C@@H](O)C[C@H](O)[C@]4(C)[C@H]3CC[C@]12C. The molecule has 4 rings (SSSR count). The summed E-state index contributed by atoms with van der Waals surface area (Å²) in [5, 5.41) is 21.0. The highest BCUT2D eigenvalue weighted by atomic mass is 16.3. The fourth-order valence-electron chi connectivity index (χ4n) is 7.31. The molecule has 4 aliphatic carbocycles. The molecule has 0 heterocycles. The second kappa shape index (κ2) is 5.96. The third kappa shape index (κ3) is 2.36. The second-order valence-corrected chi connectivity index (χ2v) is 9.97. The topological polar surface area (TPSA) is 40.5 Å². The van der Waals surface area contributed by atoms with Crippen LogP contribution in [0.4, 0.5) is 0 Å². The normalized spacial score (nSPS) is 50.2. The van der Waals surface area contributed by atoms with Crippen molar-refractivity contribution in [3.8, 4) is 0 Å². The van der Waals surface area contributed by atoms with Crippen LogP contribution in [0, 0.1) is 34.5 Å². The van der Waals surface area contributed by atoms with Crippen LogP contribution in [0.25, 0.3) is 0 Å². The predicted octanol–water partition coefficient (Wildman–Crippen LogP) is 4.86. The lowest BCUT2D eigenvalue weighted by molar-refractivity contribution is -0.0543. The third-order valence-corrected chi connectivity index (χ3v) is 9.05. The molecule has 2 nitrogen and oxygen atoms in total. The van der Waals surface area contributed by atoms with Gasteiger partial charge in [0.25, 0.3) is 0 Å². The van der Waals surface area contributed by atoms with Crippen LogP contribution in [0.1, 0.15) is 72.6 Å². The fraction of sp³-hybridized carbons (Fsp3) is 0.826. The van der Waals surface area contributed by atoms with E-state index in [-0.39, 0.29) is 11.5 Å². The second-order valence-electron chi connectivity index (χ2n) is 9.97. The van der Waals surface area contributed by atoms with Crippen molar-refractivity contribution in [2.75, 3.05) is 0 Å². The van der Waals surface area contributed by atoms with Crippen molar-refractivity contribution in [3.63, 3.8) is 0 Å². The maximum Gasteiger partial charge on any atom is 0.0661 e. The summed E-state index contributed by atoms with van der Waals surface area (Å²) in [4.78, 5) is 0. The van der Waals surface area contributed by atoms with Gasteiger partial charge >= 0.3 is 0 Å². The summed E-state index contributed by atoms with van der Waals surface area (Å²) in [7, 11) is 0. The minimum atomic E-state index is -0.410. The first kappa shape index (κ1) is 17.8. The van der Waals surface area contributed by atoms with Gasteiger partial charge in [0.15, 0.2) is 0 Å². The lowest BCUT2D eigenvalue weighted by Crippen LogP contribution is -2.52. The van der Waals surface area contributed by atoms with Crippen molar-refractivity contribution in [2.45, 2.75) is 84.8 Å². The lowest BCUT2D eigenvalue weighted by atomic mass is 9.49. The molecule has 8 atom stereocenters. The molecule has 0 amide bonds. The summed E-state index contributed by atoms with van der Waals surface area (Å²) in [5.74, 6) is 2.83. The van der Waals surface area contributed by atoms with E-state index in [2.05, 4.69) is 39.8 Å². The highest BCUT2D eigenvalue weighted by molar-refractivity contribution is 5.40. The summed E-state index contributed by atoms with van der Waals surface area (Å²) < 4.78 is 0. The Balaban J connectivity index is 1.71. The van der Waals surface area contributed by atoms with Crippen LogP contribution < -0.4 is 0 Å². The zero-order valence-electron chi connectivity index (χ0n) is 16.5.